The van der Waals surface area contributed by atoms with Gasteiger partial charge in [0.1, 0.15) is 0 Å². The van der Waals surface area contributed by atoms with Crippen LogP contribution in [0.5, 0.6) is 0 Å². The molecule has 0 bridgehead atoms. The molecular formula is C14H21NO. The molecule has 2 N–H and O–H groups in total. The van der Waals surface area contributed by atoms with Gasteiger partial charge in [-0.25, -0.2) is 0 Å². The topological polar surface area (TPSA) is 43.1 Å². The fraction of sp³-hybridized carbons (Fsp3) is 0.500. The number of hydrogen-bond acceptors (Lipinski definition) is 1. The second-order valence-electron chi connectivity index (χ2n) is 4.69. The Morgan fingerprint density at radius 3 is 2.44 bits per heavy atom. The summed E-state index contributed by atoms with van der Waals surface area (Å²) in [4.78, 5) is 11.6. The number of carbonyl (C=O) groups is 1. The Morgan fingerprint density at radius 2 is 1.94 bits per heavy atom. The predicted molar refractivity (Wildman–Crippen MR) is 67.0 cm³/mol. The molecule has 16 heavy (non-hydrogen) atoms. The maximum atomic E-state index is 11.6. The van der Waals surface area contributed by atoms with Gasteiger partial charge in [-0.05, 0) is 18.4 Å². The van der Waals surface area contributed by atoms with Crippen molar-refractivity contribution in [2.45, 2.75) is 39.5 Å². The summed E-state index contributed by atoms with van der Waals surface area (Å²) in [6.45, 7) is 4.10. The smallest absolute Gasteiger partial charge is 0.223 e. The Balaban J connectivity index is 2.75. The molecule has 2 nitrogen and oxygen atoms in total. The van der Waals surface area contributed by atoms with Crippen molar-refractivity contribution in [2.75, 3.05) is 0 Å². The molecule has 1 amide bonds. The molecule has 1 unspecified atom stereocenters. The van der Waals surface area contributed by atoms with Gasteiger partial charge in [0.25, 0.3) is 0 Å². The molecule has 0 heterocycles. The summed E-state index contributed by atoms with van der Waals surface area (Å²) in [6, 6.07) is 10.1. The van der Waals surface area contributed by atoms with Gasteiger partial charge in [-0.2, -0.15) is 0 Å². The minimum atomic E-state index is -0.405. The average molecular weight is 219 g/mol. The first-order valence-electron chi connectivity index (χ1n) is 5.92. The zero-order chi connectivity index (χ0) is 12.0. The number of benzene rings is 1. The van der Waals surface area contributed by atoms with Crippen molar-refractivity contribution in [3.63, 3.8) is 0 Å². The molecule has 0 fully saturated rings. The lowest BCUT2D eigenvalue weighted by Gasteiger charge is -2.26. The Bertz CT molecular complexity index is 334. The Hall–Kier alpha value is -1.31. The van der Waals surface area contributed by atoms with Crippen LogP contribution in [-0.2, 0) is 11.2 Å². The van der Waals surface area contributed by atoms with Crippen LogP contribution in [0.2, 0.25) is 0 Å². The normalized spacial score (nSPS) is 14.4. The first-order valence-corrected chi connectivity index (χ1v) is 5.92. The highest BCUT2D eigenvalue weighted by Crippen LogP contribution is 2.28. The lowest BCUT2D eigenvalue weighted by Crippen LogP contribution is -2.36. The molecule has 1 aromatic rings. The van der Waals surface area contributed by atoms with Gasteiger partial charge < -0.3 is 5.73 Å². The number of unbranched alkanes of at least 4 members (excludes halogenated alkanes) is 1. The summed E-state index contributed by atoms with van der Waals surface area (Å²) < 4.78 is 0. The van der Waals surface area contributed by atoms with Crippen molar-refractivity contribution in [2.24, 2.45) is 11.1 Å². The number of carbonyl (C=O) groups excluding carboxylic acids is 1. The molecule has 0 saturated heterocycles. The van der Waals surface area contributed by atoms with Gasteiger partial charge in [0, 0.05) is 0 Å². The van der Waals surface area contributed by atoms with Crippen LogP contribution in [0.1, 0.15) is 38.7 Å². The fourth-order valence-electron chi connectivity index (χ4n) is 1.91. The van der Waals surface area contributed by atoms with E-state index in [4.69, 9.17) is 5.73 Å². The van der Waals surface area contributed by atoms with E-state index in [9.17, 15) is 4.79 Å². The largest absolute Gasteiger partial charge is 0.369 e. The second kappa shape index (κ2) is 5.69. The van der Waals surface area contributed by atoms with Gasteiger partial charge in [0.15, 0.2) is 0 Å². The minimum absolute atomic E-state index is 0.190. The fourth-order valence-corrected chi connectivity index (χ4v) is 1.91. The van der Waals surface area contributed by atoms with Gasteiger partial charge in [-0.15, -0.1) is 0 Å². The standard InChI is InChI=1S/C14H21NO/c1-3-4-10-14(2,13(15)16)11-12-8-6-5-7-9-12/h5-9H,3-4,10-11H2,1-2H3,(H2,15,16). The van der Waals surface area contributed by atoms with Crippen molar-refractivity contribution >= 4 is 5.91 Å². The van der Waals surface area contributed by atoms with Crippen LogP contribution in [0.3, 0.4) is 0 Å². The van der Waals surface area contributed by atoms with Crippen LogP contribution in [0.4, 0.5) is 0 Å². The molecule has 0 aromatic heterocycles. The van der Waals surface area contributed by atoms with Crippen molar-refractivity contribution in [3.05, 3.63) is 35.9 Å². The summed E-state index contributed by atoms with van der Waals surface area (Å²) >= 11 is 0. The third-order valence-corrected chi connectivity index (χ3v) is 3.11. The minimum Gasteiger partial charge on any atom is -0.369 e. The SMILES string of the molecule is CCCCC(C)(Cc1ccccc1)C(N)=O. The zero-order valence-electron chi connectivity index (χ0n) is 10.2. The number of primary amides is 1. The Morgan fingerprint density at radius 1 is 1.31 bits per heavy atom. The van der Waals surface area contributed by atoms with E-state index in [2.05, 4.69) is 6.92 Å². The summed E-state index contributed by atoms with van der Waals surface area (Å²) in [5, 5.41) is 0. The highest BCUT2D eigenvalue weighted by Gasteiger charge is 2.30. The molecule has 1 atom stereocenters. The number of nitrogens with two attached hydrogens (primary N) is 1. The van der Waals surface area contributed by atoms with Crippen LogP contribution >= 0.6 is 0 Å². The first-order chi connectivity index (χ1) is 7.58. The van der Waals surface area contributed by atoms with E-state index < -0.39 is 5.41 Å². The summed E-state index contributed by atoms with van der Waals surface area (Å²) in [5.41, 5.74) is 6.30. The highest BCUT2D eigenvalue weighted by molar-refractivity contribution is 5.80. The summed E-state index contributed by atoms with van der Waals surface area (Å²) in [5.74, 6) is -0.190. The maximum Gasteiger partial charge on any atom is 0.223 e. The molecule has 1 rings (SSSR count). The third kappa shape index (κ3) is 3.37. The van der Waals surface area contributed by atoms with Crippen LogP contribution in [-0.4, -0.2) is 5.91 Å². The molecule has 0 aliphatic carbocycles. The summed E-state index contributed by atoms with van der Waals surface area (Å²) in [7, 11) is 0. The molecular weight excluding hydrogens is 198 g/mol. The van der Waals surface area contributed by atoms with Crippen molar-refractivity contribution in [1.82, 2.24) is 0 Å². The van der Waals surface area contributed by atoms with E-state index in [0.717, 1.165) is 25.7 Å². The van der Waals surface area contributed by atoms with E-state index in [0.29, 0.717) is 0 Å². The lowest BCUT2D eigenvalue weighted by atomic mass is 9.78. The predicted octanol–water partition coefficient (Wildman–Crippen LogP) is 2.91. The van der Waals surface area contributed by atoms with Gasteiger partial charge in [0.05, 0.1) is 5.41 Å². The molecule has 0 radical (unpaired) electrons. The highest BCUT2D eigenvalue weighted by atomic mass is 16.1. The van der Waals surface area contributed by atoms with E-state index in [-0.39, 0.29) is 5.91 Å². The second-order valence-corrected chi connectivity index (χ2v) is 4.69. The molecule has 0 saturated carbocycles. The van der Waals surface area contributed by atoms with Crippen LogP contribution in [0, 0.1) is 5.41 Å². The first kappa shape index (κ1) is 12.8. The maximum absolute atomic E-state index is 11.6. The Labute approximate surface area is 97.9 Å². The van der Waals surface area contributed by atoms with Gasteiger partial charge >= 0.3 is 0 Å². The monoisotopic (exact) mass is 219 g/mol. The molecule has 0 aliphatic rings. The van der Waals surface area contributed by atoms with Gasteiger partial charge in [-0.3, -0.25) is 4.79 Å². The lowest BCUT2D eigenvalue weighted by molar-refractivity contribution is -0.127. The average Bonchev–Trinajstić information content (AvgIpc) is 2.27. The zero-order valence-corrected chi connectivity index (χ0v) is 10.2. The molecule has 0 aliphatic heterocycles. The van der Waals surface area contributed by atoms with E-state index in [1.54, 1.807) is 0 Å². The quantitative estimate of drug-likeness (QED) is 0.785. The number of amides is 1. The molecule has 2 heteroatoms. The van der Waals surface area contributed by atoms with Crippen molar-refractivity contribution < 1.29 is 4.79 Å². The van der Waals surface area contributed by atoms with Crippen LogP contribution in [0.15, 0.2) is 30.3 Å². The Kier molecular flexibility index (Phi) is 4.53. The number of rotatable bonds is 6. The van der Waals surface area contributed by atoms with Crippen molar-refractivity contribution in [3.8, 4) is 0 Å². The molecule has 1 aromatic carbocycles. The van der Waals surface area contributed by atoms with Crippen LogP contribution < -0.4 is 5.73 Å². The molecule has 0 spiro atoms. The third-order valence-electron chi connectivity index (χ3n) is 3.11. The van der Waals surface area contributed by atoms with E-state index in [1.165, 1.54) is 5.56 Å². The van der Waals surface area contributed by atoms with Crippen LogP contribution in [0.25, 0.3) is 0 Å². The molecule has 88 valence electrons. The van der Waals surface area contributed by atoms with E-state index >= 15 is 0 Å². The van der Waals surface area contributed by atoms with E-state index in [1.807, 2.05) is 37.3 Å². The summed E-state index contributed by atoms with van der Waals surface area (Å²) in [6.07, 6.45) is 3.75. The number of hydrogen-bond donors (Lipinski definition) is 1. The van der Waals surface area contributed by atoms with Gasteiger partial charge in [-0.1, -0.05) is 57.0 Å². The van der Waals surface area contributed by atoms with Gasteiger partial charge in [0.2, 0.25) is 5.91 Å². The van der Waals surface area contributed by atoms with Crippen molar-refractivity contribution in [1.29, 1.82) is 0 Å².